The second-order valence-corrected chi connectivity index (χ2v) is 4.70. The van der Waals surface area contributed by atoms with Gasteiger partial charge in [0, 0.05) is 12.4 Å². The molecular weight excluding hydrogens is 270 g/mol. The molecule has 3 nitrogen and oxygen atoms in total. The van der Waals surface area contributed by atoms with Crippen LogP contribution in [0.5, 0.6) is 0 Å². The molecule has 0 spiro atoms. The average molecular weight is 284 g/mol. The summed E-state index contributed by atoms with van der Waals surface area (Å²) >= 11 is 17.2. The summed E-state index contributed by atoms with van der Waals surface area (Å²) < 4.78 is 1.32. The van der Waals surface area contributed by atoms with Gasteiger partial charge in [-0.3, -0.25) is 4.79 Å². The molecule has 0 amide bonds. The Balaban J connectivity index is 2.89. The van der Waals surface area contributed by atoms with Crippen LogP contribution in [0.3, 0.4) is 0 Å². The summed E-state index contributed by atoms with van der Waals surface area (Å²) in [6.45, 7) is 2.55. The van der Waals surface area contributed by atoms with E-state index in [1.54, 1.807) is 0 Å². The zero-order valence-corrected chi connectivity index (χ0v) is 11.2. The van der Waals surface area contributed by atoms with Crippen LogP contribution in [-0.2, 0) is 6.54 Å². The molecule has 0 fully saturated rings. The Morgan fingerprint density at radius 1 is 1.50 bits per heavy atom. The molecule has 6 heteroatoms. The number of hydrogen-bond acceptors (Lipinski definition) is 2. The number of aromatic nitrogens is 2. The van der Waals surface area contributed by atoms with E-state index in [4.69, 9.17) is 34.8 Å². The first-order valence-corrected chi connectivity index (χ1v) is 6.36. The van der Waals surface area contributed by atoms with Gasteiger partial charge in [0.2, 0.25) is 0 Å². The van der Waals surface area contributed by atoms with Crippen molar-refractivity contribution < 1.29 is 0 Å². The molecule has 0 aromatic carbocycles. The van der Waals surface area contributed by atoms with Crippen molar-refractivity contribution in [2.24, 2.45) is 5.92 Å². The first-order valence-electron chi connectivity index (χ1n) is 5.07. The van der Waals surface area contributed by atoms with Crippen molar-refractivity contribution in [3.05, 3.63) is 26.6 Å². The van der Waals surface area contributed by atoms with Crippen molar-refractivity contribution in [1.29, 1.82) is 0 Å². The lowest BCUT2D eigenvalue weighted by molar-refractivity contribution is 0.412. The van der Waals surface area contributed by atoms with Crippen molar-refractivity contribution in [2.45, 2.75) is 26.3 Å². The Morgan fingerprint density at radius 2 is 2.19 bits per heavy atom. The average Bonchev–Trinajstić information content (AvgIpc) is 2.29. The Morgan fingerprint density at radius 3 is 2.75 bits per heavy atom. The molecule has 1 aromatic heterocycles. The third-order valence-electron chi connectivity index (χ3n) is 2.29. The van der Waals surface area contributed by atoms with Gasteiger partial charge in [0.05, 0.1) is 11.2 Å². The molecule has 1 unspecified atom stereocenters. The quantitative estimate of drug-likeness (QED) is 0.778. The molecule has 0 saturated heterocycles. The van der Waals surface area contributed by atoms with E-state index in [0.29, 0.717) is 12.4 Å². The molecule has 1 aromatic rings. The second-order valence-electron chi connectivity index (χ2n) is 3.60. The molecule has 1 rings (SSSR count). The van der Waals surface area contributed by atoms with Gasteiger partial charge >= 0.3 is 0 Å². The number of rotatable bonds is 5. The van der Waals surface area contributed by atoms with Crippen molar-refractivity contribution in [3.8, 4) is 0 Å². The Bertz CT molecular complexity index is 406. The highest BCUT2D eigenvalue weighted by Gasteiger charge is 2.12. The molecule has 0 radical (unpaired) electrons. The summed E-state index contributed by atoms with van der Waals surface area (Å²) in [4.78, 5) is 11.7. The molecule has 0 aliphatic heterocycles. The summed E-state index contributed by atoms with van der Waals surface area (Å²) in [5.41, 5.74) is -0.361. The predicted molar refractivity (Wildman–Crippen MR) is 67.6 cm³/mol. The van der Waals surface area contributed by atoms with Crippen molar-refractivity contribution >= 4 is 34.8 Å². The van der Waals surface area contributed by atoms with Crippen molar-refractivity contribution in [2.75, 3.05) is 5.88 Å². The monoisotopic (exact) mass is 282 g/mol. The molecule has 0 aliphatic carbocycles. The number of halogens is 3. The van der Waals surface area contributed by atoms with Crippen LogP contribution in [0.1, 0.15) is 19.8 Å². The summed E-state index contributed by atoms with van der Waals surface area (Å²) in [6, 6.07) is 0. The van der Waals surface area contributed by atoms with Gasteiger partial charge in [0.1, 0.15) is 5.02 Å². The van der Waals surface area contributed by atoms with Crippen LogP contribution in [-0.4, -0.2) is 15.7 Å². The largest absolute Gasteiger partial charge is 0.287 e. The van der Waals surface area contributed by atoms with E-state index in [9.17, 15) is 4.79 Å². The smallest absolute Gasteiger partial charge is 0.266 e. The fourth-order valence-electron chi connectivity index (χ4n) is 1.45. The maximum atomic E-state index is 11.7. The van der Waals surface area contributed by atoms with Crippen LogP contribution < -0.4 is 5.56 Å². The first kappa shape index (κ1) is 13.8. The lowest BCUT2D eigenvalue weighted by Gasteiger charge is -2.13. The normalized spacial score (nSPS) is 12.8. The maximum absolute atomic E-state index is 11.7. The van der Waals surface area contributed by atoms with Gasteiger partial charge in [-0.05, 0) is 12.3 Å². The molecule has 0 aliphatic rings. The summed E-state index contributed by atoms with van der Waals surface area (Å²) in [7, 11) is 0. The predicted octanol–water partition coefficient (Wildman–Crippen LogP) is 3.21. The van der Waals surface area contributed by atoms with E-state index < -0.39 is 0 Å². The summed E-state index contributed by atoms with van der Waals surface area (Å²) in [6.07, 6.45) is 3.36. The highest BCUT2D eigenvalue weighted by Crippen LogP contribution is 2.16. The highest BCUT2D eigenvalue weighted by atomic mass is 35.5. The van der Waals surface area contributed by atoms with Crippen LogP contribution in [0, 0.1) is 5.92 Å². The third kappa shape index (κ3) is 3.37. The Kier molecular flexibility index (Phi) is 5.59. The van der Waals surface area contributed by atoms with E-state index in [-0.39, 0.29) is 21.5 Å². The number of nitrogens with zero attached hydrogens (tertiary/aromatic N) is 2. The standard InChI is InChI=1S/C10H13Cl3N2O/c1-2-3-7(4-11)6-15-10(16)9(13)8(12)5-14-15/h5,7H,2-4,6H2,1H3. The van der Waals surface area contributed by atoms with Gasteiger partial charge in [-0.15, -0.1) is 11.6 Å². The molecule has 1 atom stereocenters. The summed E-state index contributed by atoms with van der Waals surface area (Å²) in [5, 5.41) is 4.13. The SMILES string of the molecule is CCCC(CCl)Cn1ncc(Cl)c(Cl)c1=O. The molecule has 0 bridgehead atoms. The fraction of sp³-hybridized carbons (Fsp3) is 0.600. The highest BCUT2D eigenvalue weighted by molar-refractivity contribution is 6.41. The van der Waals surface area contributed by atoms with E-state index in [0.717, 1.165) is 12.8 Å². The van der Waals surface area contributed by atoms with Crippen LogP contribution in [0.25, 0.3) is 0 Å². The van der Waals surface area contributed by atoms with Crippen LogP contribution in [0.4, 0.5) is 0 Å². The molecule has 1 heterocycles. The minimum atomic E-state index is -0.361. The van der Waals surface area contributed by atoms with Crippen LogP contribution >= 0.6 is 34.8 Å². The second kappa shape index (κ2) is 6.48. The lowest BCUT2D eigenvalue weighted by Crippen LogP contribution is -2.27. The van der Waals surface area contributed by atoms with Gasteiger partial charge < -0.3 is 0 Å². The molecule has 0 N–H and O–H groups in total. The Labute approximate surface area is 109 Å². The van der Waals surface area contributed by atoms with E-state index in [1.165, 1.54) is 10.9 Å². The molecule has 16 heavy (non-hydrogen) atoms. The maximum Gasteiger partial charge on any atom is 0.287 e. The molecule has 0 saturated carbocycles. The summed E-state index contributed by atoms with van der Waals surface area (Å²) in [5.74, 6) is 0.733. The third-order valence-corrected chi connectivity index (χ3v) is 3.47. The zero-order chi connectivity index (χ0) is 12.1. The van der Waals surface area contributed by atoms with Gasteiger partial charge in [0.25, 0.3) is 5.56 Å². The lowest BCUT2D eigenvalue weighted by atomic mass is 10.1. The van der Waals surface area contributed by atoms with Crippen LogP contribution in [0.2, 0.25) is 10.0 Å². The minimum absolute atomic E-state index is 0.0153. The zero-order valence-electron chi connectivity index (χ0n) is 8.92. The van der Waals surface area contributed by atoms with Gasteiger partial charge in [-0.1, -0.05) is 36.5 Å². The van der Waals surface area contributed by atoms with Gasteiger partial charge in [-0.25, -0.2) is 4.68 Å². The fourth-order valence-corrected chi connectivity index (χ4v) is 1.97. The molecular formula is C10H13Cl3N2O. The van der Waals surface area contributed by atoms with Crippen LogP contribution in [0.15, 0.2) is 11.0 Å². The Hall–Kier alpha value is -0.250. The molecule has 90 valence electrons. The van der Waals surface area contributed by atoms with Gasteiger partial charge in [-0.2, -0.15) is 5.10 Å². The van der Waals surface area contributed by atoms with E-state index in [1.807, 2.05) is 0 Å². The van der Waals surface area contributed by atoms with Gasteiger partial charge in [0.15, 0.2) is 0 Å². The van der Waals surface area contributed by atoms with Crippen molar-refractivity contribution in [3.63, 3.8) is 0 Å². The first-order chi connectivity index (χ1) is 7.60. The van der Waals surface area contributed by atoms with E-state index in [2.05, 4.69) is 12.0 Å². The minimum Gasteiger partial charge on any atom is -0.266 e. The van der Waals surface area contributed by atoms with Crippen molar-refractivity contribution in [1.82, 2.24) is 9.78 Å². The number of hydrogen-bond donors (Lipinski definition) is 0. The topological polar surface area (TPSA) is 34.9 Å². The van der Waals surface area contributed by atoms with E-state index >= 15 is 0 Å². The number of alkyl halides is 1.